The van der Waals surface area contributed by atoms with Gasteiger partial charge in [-0.15, -0.1) is 0 Å². The normalized spacial score (nSPS) is 13.0. The summed E-state index contributed by atoms with van der Waals surface area (Å²) in [5, 5.41) is 11.2. The van der Waals surface area contributed by atoms with Crippen LogP contribution in [0.4, 0.5) is 11.4 Å². The number of nitro benzene ring substituents is 1. The Morgan fingerprint density at radius 2 is 1.38 bits per heavy atom. The molecule has 4 rings (SSSR count). The molecule has 0 aliphatic carbocycles. The number of nitro groups is 1. The fraction of sp³-hybridized carbons (Fsp3) is 0. The van der Waals surface area contributed by atoms with Gasteiger partial charge in [0.1, 0.15) is 5.56 Å². The van der Waals surface area contributed by atoms with Crippen LogP contribution in [0.25, 0.3) is 11.1 Å². The molecule has 0 atom stereocenters. The lowest BCUT2D eigenvalue weighted by atomic mass is 10.1. The van der Waals surface area contributed by atoms with Gasteiger partial charge in [-0.1, -0.05) is 48.5 Å². The van der Waals surface area contributed by atoms with E-state index in [9.17, 15) is 19.7 Å². The van der Waals surface area contributed by atoms with Crippen molar-refractivity contribution >= 4 is 23.2 Å². The van der Waals surface area contributed by atoms with Gasteiger partial charge in [-0.2, -0.15) is 0 Å². The number of anilines is 1. The van der Waals surface area contributed by atoms with E-state index in [1.807, 2.05) is 42.5 Å². The lowest BCUT2D eigenvalue weighted by Gasteiger charge is -2.14. The Morgan fingerprint density at radius 3 is 2.04 bits per heavy atom. The number of rotatable bonds is 3. The zero-order valence-corrected chi connectivity index (χ0v) is 13.5. The number of nitrogens with zero attached hydrogens (tertiary/aromatic N) is 2. The van der Waals surface area contributed by atoms with Crippen molar-refractivity contribution in [3.05, 3.63) is 94.0 Å². The molecule has 0 saturated carbocycles. The topological polar surface area (TPSA) is 80.5 Å². The molecule has 0 bridgehead atoms. The molecule has 3 aromatic rings. The SMILES string of the molecule is O=C1c2cccc([N+](=O)[O-])c2C(=O)N1c1ccc(-c2ccccc2)cc1. The zero-order valence-electron chi connectivity index (χ0n) is 13.5. The molecule has 6 nitrogen and oxygen atoms in total. The van der Waals surface area contributed by atoms with Crippen LogP contribution in [0.5, 0.6) is 0 Å². The van der Waals surface area contributed by atoms with Crippen molar-refractivity contribution in [2.24, 2.45) is 0 Å². The molecule has 2 amide bonds. The van der Waals surface area contributed by atoms with Crippen molar-refractivity contribution in [3.8, 4) is 11.1 Å². The maximum absolute atomic E-state index is 12.7. The fourth-order valence-corrected chi connectivity index (χ4v) is 3.09. The molecule has 0 unspecified atom stereocenters. The molecule has 26 heavy (non-hydrogen) atoms. The minimum Gasteiger partial charge on any atom is -0.268 e. The van der Waals surface area contributed by atoms with Gasteiger partial charge in [0.2, 0.25) is 0 Å². The number of hydrogen-bond acceptors (Lipinski definition) is 4. The van der Waals surface area contributed by atoms with Gasteiger partial charge in [-0.3, -0.25) is 19.7 Å². The Kier molecular flexibility index (Phi) is 3.58. The van der Waals surface area contributed by atoms with Crippen LogP contribution in [0.3, 0.4) is 0 Å². The van der Waals surface area contributed by atoms with Crippen molar-refractivity contribution in [3.63, 3.8) is 0 Å². The third kappa shape index (κ3) is 2.36. The first-order valence-electron chi connectivity index (χ1n) is 7.89. The van der Waals surface area contributed by atoms with Crippen LogP contribution in [-0.2, 0) is 0 Å². The Hall–Kier alpha value is -3.80. The third-order valence-electron chi connectivity index (χ3n) is 4.32. The van der Waals surface area contributed by atoms with Crippen LogP contribution in [0.1, 0.15) is 20.7 Å². The average molecular weight is 344 g/mol. The van der Waals surface area contributed by atoms with E-state index in [1.165, 1.54) is 18.2 Å². The Bertz CT molecular complexity index is 1040. The molecular weight excluding hydrogens is 332 g/mol. The minimum atomic E-state index is -0.676. The van der Waals surface area contributed by atoms with Crippen molar-refractivity contribution in [2.45, 2.75) is 0 Å². The van der Waals surface area contributed by atoms with E-state index in [0.29, 0.717) is 5.69 Å². The molecule has 1 heterocycles. The summed E-state index contributed by atoms with van der Waals surface area (Å²) in [6.45, 7) is 0. The second kappa shape index (κ2) is 5.93. The van der Waals surface area contributed by atoms with E-state index >= 15 is 0 Å². The standard InChI is InChI=1S/C20H12N2O4/c23-19-16-7-4-8-17(22(25)26)18(16)20(24)21(19)15-11-9-14(10-12-15)13-5-2-1-3-6-13/h1-12H. The van der Waals surface area contributed by atoms with E-state index in [-0.39, 0.29) is 16.8 Å². The third-order valence-corrected chi connectivity index (χ3v) is 4.32. The largest absolute Gasteiger partial charge is 0.283 e. The highest BCUT2D eigenvalue weighted by Crippen LogP contribution is 2.34. The smallest absolute Gasteiger partial charge is 0.268 e. The monoisotopic (exact) mass is 344 g/mol. The van der Waals surface area contributed by atoms with Crippen molar-refractivity contribution in [1.82, 2.24) is 0 Å². The number of fused-ring (bicyclic) bond motifs is 1. The van der Waals surface area contributed by atoms with E-state index in [4.69, 9.17) is 0 Å². The first-order chi connectivity index (χ1) is 12.6. The maximum atomic E-state index is 12.7. The molecule has 0 aromatic heterocycles. The highest BCUT2D eigenvalue weighted by molar-refractivity contribution is 6.35. The zero-order chi connectivity index (χ0) is 18.3. The quantitative estimate of drug-likeness (QED) is 0.408. The first-order valence-corrected chi connectivity index (χ1v) is 7.89. The molecule has 0 N–H and O–H groups in total. The van der Waals surface area contributed by atoms with Crippen LogP contribution in [0.15, 0.2) is 72.8 Å². The molecule has 0 saturated heterocycles. The number of imide groups is 1. The number of carbonyl (C=O) groups is 2. The van der Waals surface area contributed by atoms with Gasteiger partial charge in [0.15, 0.2) is 0 Å². The van der Waals surface area contributed by atoms with Gasteiger partial charge in [0.25, 0.3) is 17.5 Å². The Morgan fingerprint density at radius 1 is 0.731 bits per heavy atom. The minimum absolute atomic E-state index is 0.0522. The molecule has 1 aliphatic rings. The van der Waals surface area contributed by atoms with E-state index in [1.54, 1.807) is 12.1 Å². The van der Waals surface area contributed by atoms with Crippen LogP contribution in [0, 0.1) is 10.1 Å². The van der Waals surface area contributed by atoms with E-state index in [2.05, 4.69) is 0 Å². The molecule has 126 valence electrons. The van der Waals surface area contributed by atoms with Gasteiger partial charge >= 0.3 is 0 Å². The number of amides is 2. The molecular formula is C20H12N2O4. The molecule has 0 radical (unpaired) electrons. The lowest BCUT2D eigenvalue weighted by Crippen LogP contribution is -2.29. The molecule has 0 spiro atoms. The predicted octanol–water partition coefficient (Wildman–Crippen LogP) is 4.06. The van der Waals surface area contributed by atoms with Gasteiger partial charge < -0.3 is 0 Å². The molecule has 6 heteroatoms. The summed E-state index contributed by atoms with van der Waals surface area (Å²) in [7, 11) is 0. The Balaban J connectivity index is 1.73. The van der Waals surface area contributed by atoms with E-state index in [0.717, 1.165) is 16.0 Å². The number of carbonyl (C=O) groups excluding carboxylic acids is 2. The summed E-state index contributed by atoms with van der Waals surface area (Å²) >= 11 is 0. The first kappa shape index (κ1) is 15.7. The average Bonchev–Trinajstić information content (AvgIpc) is 2.93. The summed E-state index contributed by atoms with van der Waals surface area (Å²) in [6, 6.07) is 20.7. The van der Waals surface area contributed by atoms with E-state index < -0.39 is 16.7 Å². The summed E-state index contributed by atoms with van der Waals surface area (Å²) in [5.41, 5.74) is 1.87. The summed E-state index contributed by atoms with van der Waals surface area (Å²) < 4.78 is 0. The summed E-state index contributed by atoms with van der Waals surface area (Å²) in [4.78, 5) is 36.8. The second-order valence-electron chi connectivity index (χ2n) is 5.82. The summed E-state index contributed by atoms with van der Waals surface area (Å²) in [5.74, 6) is -1.23. The Labute approximate surface area is 148 Å². The van der Waals surface area contributed by atoms with Gasteiger partial charge in [-0.25, -0.2) is 4.90 Å². The van der Waals surface area contributed by atoms with Crippen molar-refractivity contribution in [1.29, 1.82) is 0 Å². The maximum Gasteiger partial charge on any atom is 0.283 e. The number of benzene rings is 3. The summed E-state index contributed by atoms with van der Waals surface area (Å²) in [6.07, 6.45) is 0. The van der Waals surface area contributed by atoms with Crippen LogP contribution >= 0.6 is 0 Å². The number of hydrogen-bond donors (Lipinski definition) is 0. The highest BCUT2D eigenvalue weighted by Gasteiger charge is 2.41. The van der Waals surface area contributed by atoms with Gasteiger partial charge in [-0.05, 0) is 29.3 Å². The molecule has 0 fully saturated rings. The van der Waals surface area contributed by atoms with Crippen molar-refractivity contribution in [2.75, 3.05) is 4.90 Å². The highest BCUT2D eigenvalue weighted by atomic mass is 16.6. The van der Waals surface area contributed by atoms with Crippen molar-refractivity contribution < 1.29 is 14.5 Å². The molecule has 3 aromatic carbocycles. The van der Waals surface area contributed by atoms with Crippen LogP contribution in [0.2, 0.25) is 0 Å². The lowest BCUT2D eigenvalue weighted by molar-refractivity contribution is -0.385. The van der Waals surface area contributed by atoms with Crippen LogP contribution < -0.4 is 4.90 Å². The fourth-order valence-electron chi connectivity index (χ4n) is 3.09. The van der Waals surface area contributed by atoms with Gasteiger partial charge in [0.05, 0.1) is 16.2 Å². The molecule has 1 aliphatic heterocycles. The predicted molar refractivity (Wildman–Crippen MR) is 96.1 cm³/mol. The van der Waals surface area contributed by atoms with Gasteiger partial charge in [0, 0.05) is 6.07 Å². The van der Waals surface area contributed by atoms with Crippen LogP contribution in [-0.4, -0.2) is 16.7 Å². The second-order valence-corrected chi connectivity index (χ2v) is 5.82.